The Morgan fingerprint density at radius 3 is 2.85 bits per heavy atom. The number of ether oxygens (including phenoxy) is 2. The van der Waals surface area contributed by atoms with Gasteiger partial charge in [-0.15, -0.1) is 0 Å². The van der Waals surface area contributed by atoms with Gasteiger partial charge in [-0.25, -0.2) is 4.79 Å². The molecule has 1 saturated heterocycles. The largest absolute Gasteiger partial charge is 0.445 e. The maximum atomic E-state index is 11.7. The van der Waals surface area contributed by atoms with E-state index >= 15 is 0 Å². The molecular formula is C15H21NO4. The van der Waals surface area contributed by atoms with Crippen molar-refractivity contribution in [2.24, 2.45) is 5.41 Å². The Balaban J connectivity index is 1.74. The summed E-state index contributed by atoms with van der Waals surface area (Å²) in [4.78, 5) is 11.7. The summed E-state index contributed by atoms with van der Waals surface area (Å²) in [5, 5.41) is 11.9. The third-order valence-electron chi connectivity index (χ3n) is 3.65. The zero-order valence-electron chi connectivity index (χ0n) is 11.5. The maximum absolute atomic E-state index is 11.7. The Morgan fingerprint density at radius 1 is 1.40 bits per heavy atom. The monoisotopic (exact) mass is 279 g/mol. The Morgan fingerprint density at radius 2 is 2.20 bits per heavy atom. The van der Waals surface area contributed by atoms with E-state index in [4.69, 9.17) is 14.6 Å². The molecule has 0 aromatic heterocycles. The van der Waals surface area contributed by atoms with E-state index in [1.807, 2.05) is 30.3 Å². The smallest absolute Gasteiger partial charge is 0.407 e. The highest BCUT2D eigenvalue weighted by Crippen LogP contribution is 2.31. The minimum atomic E-state index is -0.432. The molecule has 1 heterocycles. The van der Waals surface area contributed by atoms with Crippen LogP contribution in [0.2, 0.25) is 0 Å². The quantitative estimate of drug-likeness (QED) is 0.831. The molecule has 1 fully saturated rings. The lowest BCUT2D eigenvalue weighted by molar-refractivity contribution is 0.110. The van der Waals surface area contributed by atoms with Crippen LogP contribution in [0.1, 0.15) is 18.4 Å². The van der Waals surface area contributed by atoms with Crippen molar-refractivity contribution in [3.05, 3.63) is 35.9 Å². The van der Waals surface area contributed by atoms with Gasteiger partial charge in [0, 0.05) is 25.2 Å². The molecule has 0 saturated carbocycles. The predicted octanol–water partition coefficient (Wildman–Crippen LogP) is 1.70. The van der Waals surface area contributed by atoms with Crippen LogP contribution in [-0.2, 0) is 16.1 Å². The fourth-order valence-electron chi connectivity index (χ4n) is 2.35. The summed E-state index contributed by atoms with van der Waals surface area (Å²) in [7, 11) is 0. The normalized spacial score (nSPS) is 21.6. The van der Waals surface area contributed by atoms with Gasteiger partial charge in [0.1, 0.15) is 6.61 Å². The predicted molar refractivity (Wildman–Crippen MR) is 74.2 cm³/mol. The van der Waals surface area contributed by atoms with E-state index in [-0.39, 0.29) is 18.6 Å². The molecule has 0 spiro atoms. The van der Waals surface area contributed by atoms with Crippen molar-refractivity contribution < 1.29 is 19.4 Å². The fourth-order valence-corrected chi connectivity index (χ4v) is 2.35. The summed E-state index contributed by atoms with van der Waals surface area (Å²) >= 11 is 0. The van der Waals surface area contributed by atoms with E-state index in [0.29, 0.717) is 26.2 Å². The number of nitrogens with one attached hydrogen (secondary N) is 1. The van der Waals surface area contributed by atoms with Crippen molar-refractivity contribution in [2.45, 2.75) is 19.4 Å². The zero-order chi connectivity index (χ0) is 14.3. The van der Waals surface area contributed by atoms with E-state index < -0.39 is 6.09 Å². The van der Waals surface area contributed by atoms with Gasteiger partial charge in [-0.2, -0.15) is 0 Å². The molecule has 110 valence electrons. The van der Waals surface area contributed by atoms with Gasteiger partial charge in [-0.05, 0) is 18.4 Å². The molecule has 1 aromatic rings. The molecule has 5 nitrogen and oxygen atoms in total. The standard InChI is InChI=1S/C15H21NO4/c17-8-6-15(7-9-19-12-15)11-16-14(18)20-10-13-4-2-1-3-5-13/h1-5,17H,6-12H2,(H,16,18). The topological polar surface area (TPSA) is 67.8 Å². The van der Waals surface area contributed by atoms with Gasteiger partial charge in [0.25, 0.3) is 0 Å². The Labute approximate surface area is 118 Å². The van der Waals surface area contributed by atoms with Crippen LogP contribution in [0.5, 0.6) is 0 Å². The van der Waals surface area contributed by atoms with Gasteiger partial charge in [-0.1, -0.05) is 30.3 Å². The van der Waals surface area contributed by atoms with Crippen molar-refractivity contribution >= 4 is 6.09 Å². The summed E-state index contributed by atoms with van der Waals surface area (Å²) in [6.07, 6.45) is 1.05. The van der Waals surface area contributed by atoms with E-state index in [0.717, 1.165) is 12.0 Å². The van der Waals surface area contributed by atoms with Crippen molar-refractivity contribution in [1.82, 2.24) is 5.32 Å². The van der Waals surface area contributed by atoms with Crippen LogP contribution in [-0.4, -0.2) is 37.6 Å². The molecule has 1 unspecified atom stereocenters. The zero-order valence-corrected chi connectivity index (χ0v) is 11.5. The number of aliphatic hydroxyl groups is 1. The number of amides is 1. The molecule has 20 heavy (non-hydrogen) atoms. The Bertz CT molecular complexity index is 415. The molecule has 1 aliphatic rings. The molecule has 2 N–H and O–H groups in total. The highest BCUT2D eigenvalue weighted by Gasteiger charge is 2.34. The van der Waals surface area contributed by atoms with Crippen LogP contribution < -0.4 is 5.32 Å². The lowest BCUT2D eigenvalue weighted by atomic mass is 9.84. The van der Waals surface area contributed by atoms with Crippen molar-refractivity contribution in [3.8, 4) is 0 Å². The Hall–Kier alpha value is -1.59. The number of carbonyl (C=O) groups is 1. The summed E-state index contributed by atoms with van der Waals surface area (Å²) < 4.78 is 10.5. The minimum Gasteiger partial charge on any atom is -0.445 e. The molecule has 0 radical (unpaired) electrons. The number of aliphatic hydroxyl groups excluding tert-OH is 1. The second-order valence-electron chi connectivity index (χ2n) is 5.19. The van der Waals surface area contributed by atoms with Crippen molar-refractivity contribution in [2.75, 3.05) is 26.4 Å². The highest BCUT2D eigenvalue weighted by molar-refractivity contribution is 5.67. The first-order valence-corrected chi connectivity index (χ1v) is 6.87. The second kappa shape index (κ2) is 7.26. The summed E-state index contributed by atoms with van der Waals surface area (Å²) in [5.41, 5.74) is 0.803. The third kappa shape index (κ3) is 4.21. The molecular weight excluding hydrogens is 258 g/mol. The van der Waals surface area contributed by atoms with Crippen LogP contribution in [0.15, 0.2) is 30.3 Å². The van der Waals surface area contributed by atoms with Gasteiger partial charge in [0.2, 0.25) is 0 Å². The summed E-state index contributed by atoms with van der Waals surface area (Å²) in [6.45, 7) is 2.09. The average Bonchev–Trinajstić information content (AvgIpc) is 2.93. The minimum absolute atomic E-state index is 0.101. The summed E-state index contributed by atoms with van der Waals surface area (Å²) in [5.74, 6) is 0. The van der Waals surface area contributed by atoms with E-state index in [9.17, 15) is 4.79 Å². The van der Waals surface area contributed by atoms with Crippen LogP contribution in [0.3, 0.4) is 0 Å². The molecule has 1 aromatic carbocycles. The van der Waals surface area contributed by atoms with Crippen LogP contribution >= 0.6 is 0 Å². The second-order valence-corrected chi connectivity index (χ2v) is 5.19. The van der Waals surface area contributed by atoms with E-state index in [1.54, 1.807) is 0 Å². The highest BCUT2D eigenvalue weighted by atomic mass is 16.5. The molecule has 1 aliphatic heterocycles. The number of carbonyl (C=O) groups excluding carboxylic acids is 1. The van der Waals surface area contributed by atoms with Crippen LogP contribution in [0.25, 0.3) is 0 Å². The summed E-state index contributed by atoms with van der Waals surface area (Å²) in [6, 6.07) is 9.55. The number of benzene rings is 1. The van der Waals surface area contributed by atoms with Gasteiger partial charge in [-0.3, -0.25) is 0 Å². The number of rotatable bonds is 6. The Kier molecular flexibility index (Phi) is 5.38. The number of alkyl carbamates (subject to hydrolysis) is 1. The molecule has 1 atom stereocenters. The molecule has 2 rings (SSSR count). The van der Waals surface area contributed by atoms with Crippen molar-refractivity contribution in [1.29, 1.82) is 0 Å². The van der Waals surface area contributed by atoms with Crippen molar-refractivity contribution in [3.63, 3.8) is 0 Å². The molecule has 0 bridgehead atoms. The average molecular weight is 279 g/mol. The first-order valence-electron chi connectivity index (χ1n) is 6.87. The first-order chi connectivity index (χ1) is 9.74. The first kappa shape index (κ1) is 14.8. The van der Waals surface area contributed by atoms with Gasteiger partial charge in [0.15, 0.2) is 0 Å². The maximum Gasteiger partial charge on any atom is 0.407 e. The lowest BCUT2D eigenvalue weighted by Gasteiger charge is -2.26. The third-order valence-corrected chi connectivity index (χ3v) is 3.65. The van der Waals surface area contributed by atoms with E-state index in [1.165, 1.54) is 0 Å². The molecule has 0 aliphatic carbocycles. The number of hydrogen-bond acceptors (Lipinski definition) is 4. The van der Waals surface area contributed by atoms with Gasteiger partial charge in [0.05, 0.1) is 6.61 Å². The number of hydrogen-bond donors (Lipinski definition) is 2. The SMILES string of the molecule is O=C(NCC1(CCO)CCOC1)OCc1ccccc1. The van der Waals surface area contributed by atoms with E-state index in [2.05, 4.69) is 5.32 Å². The van der Waals surface area contributed by atoms with Crippen LogP contribution in [0, 0.1) is 5.41 Å². The lowest BCUT2D eigenvalue weighted by Crippen LogP contribution is -2.39. The fraction of sp³-hybridized carbons (Fsp3) is 0.533. The molecule has 1 amide bonds. The van der Waals surface area contributed by atoms with Crippen LogP contribution in [0.4, 0.5) is 4.79 Å². The molecule has 5 heteroatoms. The van der Waals surface area contributed by atoms with Gasteiger partial charge >= 0.3 is 6.09 Å². The van der Waals surface area contributed by atoms with Gasteiger partial charge < -0.3 is 19.9 Å².